The van der Waals surface area contributed by atoms with Crippen molar-refractivity contribution in [3.8, 4) is 0 Å². The number of unbranched alkanes of at least 4 members (excludes halogenated alkanes) is 1. The second kappa shape index (κ2) is 8.52. The fourth-order valence-electron chi connectivity index (χ4n) is 3.42. The number of amides is 1. The number of rotatable bonds is 8. The van der Waals surface area contributed by atoms with Crippen LogP contribution < -0.4 is 0 Å². The van der Waals surface area contributed by atoms with Gasteiger partial charge in [-0.15, -0.1) is 0 Å². The van der Waals surface area contributed by atoms with Crippen LogP contribution >= 0.6 is 11.6 Å². The molecule has 1 aromatic carbocycles. The Hall–Kier alpha value is -1.81. The van der Waals surface area contributed by atoms with E-state index >= 15 is 0 Å². The summed E-state index contributed by atoms with van der Waals surface area (Å²) < 4.78 is 0. The highest BCUT2D eigenvalue weighted by Gasteiger charge is 2.43. The predicted octanol–water partition coefficient (Wildman–Crippen LogP) is 4.84. The second-order valence-corrected chi connectivity index (χ2v) is 7.02. The van der Waals surface area contributed by atoms with Crippen molar-refractivity contribution in [3.05, 3.63) is 46.2 Å². The average Bonchev–Trinajstić information content (AvgIpc) is 2.83. The molecule has 0 bridgehead atoms. The van der Waals surface area contributed by atoms with Gasteiger partial charge in [-0.05, 0) is 30.9 Å². The molecule has 1 aliphatic rings. The first-order chi connectivity index (χ1) is 11.9. The third-order valence-electron chi connectivity index (χ3n) is 4.88. The van der Waals surface area contributed by atoms with Gasteiger partial charge in [0.25, 0.3) is 5.91 Å². The molecule has 4 nitrogen and oxygen atoms in total. The van der Waals surface area contributed by atoms with Gasteiger partial charge in [-0.3, -0.25) is 9.59 Å². The fraction of sp³-hybridized carbons (Fsp3) is 0.500. The summed E-state index contributed by atoms with van der Waals surface area (Å²) in [6.45, 7) is 6.12. The SMILES string of the molecule is CCCC[C@@H](CC)CN1C(=O)C(O)=C(C(C)=O)[C@@H]1c1ccccc1Cl. The molecule has 5 heteroatoms. The number of hydrogen-bond acceptors (Lipinski definition) is 3. The number of carbonyl (C=O) groups is 2. The Morgan fingerprint density at radius 3 is 2.56 bits per heavy atom. The molecule has 0 fully saturated rings. The summed E-state index contributed by atoms with van der Waals surface area (Å²) in [6, 6.07) is 6.56. The highest BCUT2D eigenvalue weighted by Crippen LogP contribution is 2.41. The molecule has 1 N–H and O–H groups in total. The van der Waals surface area contributed by atoms with Crippen molar-refractivity contribution in [3.63, 3.8) is 0 Å². The molecule has 136 valence electrons. The zero-order valence-corrected chi connectivity index (χ0v) is 15.8. The maximum absolute atomic E-state index is 12.7. The van der Waals surface area contributed by atoms with Crippen LogP contribution in [0.4, 0.5) is 0 Å². The maximum Gasteiger partial charge on any atom is 0.290 e. The van der Waals surface area contributed by atoms with Gasteiger partial charge in [-0.25, -0.2) is 0 Å². The van der Waals surface area contributed by atoms with Crippen LogP contribution in [0, 0.1) is 5.92 Å². The zero-order valence-electron chi connectivity index (χ0n) is 15.1. The van der Waals surface area contributed by atoms with Gasteiger partial charge in [0.1, 0.15) is 0 Å². The number of carbonyl (C=O) groups excluding carboxylic acids is 2. The van der Waals surface area contributed by atoms with Crippen LogP contribution in [0.3, 0.4) is 0 Å². The lowest BCUT2D eigenvalue weighted by molar-refractivity contribution is -0.130. The Balaban J connectivity index is 2.42. The zero-order chi connectivity index (χ0) is 18.6. The van der Waals surface area contributed by atoms with Crippen molar-refractivity contribution in [2.24, 2.45) is 5.92 Å². The molecule has 1 aromatic rings. The highest BCUT2D eigenvalue weighted by atomic mass is 35.5. The van der Waals surface area contributed by atoms with Gasteiger partial charge in [0.2, 0.25) is 0 Å². The number of hydrogen-bond donors (Lipinski definition) is 1. The summed E-state index contributed by atoms with van der Waals surface area (Å²) in [5, 5.41) is 10.8. The number of ketones is 1. The summed E-state index contributed by atoms with van der Waals surface area (Å²) >= 11 is 6.34. The smallest absolute Gasteiger partial charge is 0.290 e. The first-order valence-electron chi connectivity index (χ1n) is 8.91. The molecule has 0 aromatic heterocycles. The third-order valence-corrected chi connectivity index (χ3v) is 5.23. The lowest BCUT2D eigenvalue weighted by Gasteiger charge is -2.30. The van der Waals surface area contributed by atoms with Crippen LogP contribution in [-0.2, 0) is 9.59 Å². The van der Waals surface area contributed by atoms with Crippen molar-refractivity contribution in [1.29, 1.82) is 0 Å². The molecule has 0 spiro atoms. The fourth-order valence-corrected chi connectivity index (χ4v) is 3.66. The van der Waals surface area contributed by atoms with Gasteiger partial charge in [-0.1, -0.05) is 62.9 Å². The normalized spacial score (nSPS) is 18.8. The molecule has 25 heavy (non-hydrogen) atoms. The Morgan fingerprint density at radius 1 is 1.32 bits per heavy atom. The second-order valence-electron chi connectivity index (χ2n) is 6.62. The van der Waals surface area contributed by atoms with Gasteiger partial charge in [0, 0.05) is 11.6 Å². The van der Waals surface area contributed by atoms with Crippen LogP contribution in [0.2, 0.25) is 5.02 Å². The van der Waals surface area contributed by atoms with E-state index < -0.39 is 17.7 Å². The third kappa shape index (κ3) is 4.06. The summed E-state index contributed by atoms with van der Waals surface area (Å²) in [5.41, 5.74) is 0.820. The summed E-state index contributed by atoms with van der Waals surface area (Å²) in [5.74, 6) is -0.902. The number of aliphatic hydroxyl groups is 1. The molecule has 2 atom stereocenters. The number of Topliss-reactive ketones (excluding diaryl/α,β-unsaturated/α-hetero) is 1. The molecule has 0 saturated carbocycles. The number of halogens is 1. The quantitative estimate of drug-likeness (QED) is 0.718. The Kier molecular flexibility index (Phi) is 6.65. The number of benzene rings is 1. The van der Waals surface area contributed by atoms with Gasteiger partial charge >= 0.3 is 0 Å². The average molecular weight is 364 g/mol. The molecule has 1 amide bonds. The van der Waals surface area contributed by atoms with Crippen LogP contribution in [0.15, 0.2) is 35.6 Å². The molecule has 2 rings (SSSR count). The van der Waals surface area contributed by atoms with Crippen LogP contribution in [0.25, 0.3) is 0 Å². The van der Waals surface area contributed by atoms with Crippen molar-refractivity contribution < 1.29 is 14.7 Å². The van der Waals surface area contributed by atoms with E-state index in [1.165, 1.54) is 6.92 Å². The van der Waals surface area contributed by atoms with Gasteiger partial charge in [0.05, 0.1) is 11.6 Å². The van der Waals surface area contributed by atoms with Gasteiger partial charge in [0.15, 0.2) is 11.5 Å². The first-order valence-corrected chi connectivity index (χ1v) is 9.29. The van der Waals surface area contributed by atoms with Crippen molar-refractivity contribution in [1.82, 2.24) is 4.90 Å². The van der Waals surface area contributed by atoms with E-state index in [0.717, 1.165) is 25.7 Å². The van der Waals surface area contributed by atoms with Crippen molar-refractivity contribution in [2.45, 2.75) is 52.5 Å². The highest BCUT2D eigenvalue weighted by molar-refractivity contribution is 6.31. The molecule has 0 radical (unpaired) electrons. The van der Waals surface area contributed by atoms with Crippen molar-refractivity contribution in [2.75, 3.05) is 6.54 Å². The van der Waals surface area contributed by atoms with E-state index in [4.69, 9.17) is 11.6 Å². The van der Waals surface area contributed by atoms with Crippen LogP contribution in [0.5, 0.6) is 0 Å². The first kappa shape index (κ1) is 19.5. The number of aliphatic hydroxyl groups excluding tert-OH is 1. The van der Waals surface area contributed by atoms with Gasteiger partial charge < -0.3 is 10.0 Å². The molecule has 1 heterocycles. The standard InChI is InChI=1S/C20H26ClNO3/c1-4-6-9-14(5-2)12-22-18(15-10-7-8-11-16(15)21)17(13(3)23)19(24)20(22)25/h7-8,10-11,14,18,24H,4-6,9,12H2,1-3H3/t14-,18+/m1/s1. The molecule has 0 unspecified atom stereocenters. The maximum atomic E-state index is 12.7. The Morgan fingerprint density at radius 2 is 2.00 bits per heavy atom. The van der Waals surface area contributed by atoms with E-state index in [9.17, 15) is 14.7 Å². The monoisotopic (exact) mass is 363 g/mol. The van der Waals surface area contributed by atoms with Crippen molar-refractivity contribution >= 4 is 23.3 Å². The Labute approximate surface area is 154 Å². The predicted molar refractivity (Wildman–Crippen MR) is 99.5 cm³/mol. The lowest BCUT2D eigenvalue weighted by atomic mass is 9.94. The lowest BCUT2D eigenvalue weighted by Crippen LogP contribution is -2.35. The number of nitrogens with zero attached hydrogens (tertiary/aromatic N) is 1. The topological polar surface area (TPSA) is 57.6 Å². The summed E-state index contributed by atoms with van der Waals surface area (Å²) in [4.78, 5) is 26.4. The molecule has 1 aliphatic heterocycles. The largest absolute Gasteiger partial charge is 0.503 e. The van der Waals surface area contributed by atoms with E-state index in [-0.39, 0.29) is 11.4 Å². The molecule has 0 aliphatic carbocycles. The van der Waals surface area contributed by atoms with E-state index in [2.05, 4.69) is 13.8 Å². The minimum Gasteiger partial charge on any atom is -0.503 e. The minimum atomic E-state index is -0.616. The molecular formula is C20H26ClNO3. The summed E-state index contributed by atoms with van der Waals surface area (Å²) in [6.07, 6.45) is 4.15. The Bertz CT molecular complexity index is 683. The van der Waals surface area contributed by atoms with Crippen LogP contribution in [-0.4, -0.2) is 28.2 Å². The summed E-state index contributed by atoms with van der Waals surface area (Å²) in [7, 11) is 0. The van der Waals surface area contributed by atoms with E-state index in [1.54, 1.807) is 17.0 Å². The van der Waals surface area contributed by atoms with E-state index in [1.807, 2.05) is 12.1 Å². The van der Waals surface area contributed by atoms with E-state index in [0.29, 0.717) is 23.0 Å². The van der Waals surface area contributed by atoms with Gasteiger partial charge in [-0.2, -0.15) is 0 Å². The van der Waals surface area contributed by atoms with Crippen LogP contribution in [0.1, 0.15) is 58.1 Å². The molecule has 0 saturated heterocycles. The molecular weight excluding hydrogens is 338 g/mol. The minimum absolute atomic E-state index is 0.142.